The van der Waals surface area contributed by atoms with Crippen molar-refractivity contribution in [1.82, 2.24) is 0 Å². The molecule has 18 heavy (non-hydrogen) atoms. The number of aromatic carboxylic acids is 1. The van der Waals surface area contributed by atoms with Crippen molar-refractivity contribution in [2.75, 3.05) is 5.32 Å². The second-order valence-corrected chi connectivity index (χ2v) is 4.21. The van der Waals surface area contributed by atoms with Crippen LogP contribution in [0.4, 0.5) is 10.1 Å². The minimum Gasteiger partial charge on any atom is -0.478 e. The van der Waals surface area contributed by atoms with Gasteiger partial charge in [0.1, 0.15) is 11.4 Å². The van der Waals surface area contributed by atoms with Gasteiger partial charge in [0.25, 0.3) is 5.91 Å². The summed E-state index contributed by atoms with van der Waals surface area (Å²) in [4.78, 5) is 22.7. The maximum atomic E-state index is 13.4. The molecule has 0 bridgehead atoms. The first-order chi connectivity index (χ1) is 8.59. The second-order valence-electron chi connectivity index (χ2n) is 3.43. The summed E-state index contributed by atoms with van der Waals surface area (Å²) in [6, 6.07) is 5.31. The molecule has 0 saturated heterocycles. The van der Waals surface area contributed by atoms with E-state index in [-0.39, 0.29) is 5.69 Å². The highest BCUT2D eigenvalue weighted by Crippen LogP contribution is 2.20. The number of carboxylic acid groups (broad SMARTS) is 1. The van der Waals surface area contributed by atoms with Crippen LogP contribution in [-0.2, 0) is 0 Å². The summed E-state index contributed by atoms with van der Waals surface area (Å²) in [6.07, 6.45) is 0. The van der Waals surface area contributed by atoms with Crippen molar-refractivity contribution < 1.29 is 19.1 Å². The third-order valence-corrected chi connectivity index (χ3v) is 2.94. The maximum absolute atomic E-state index is 13.4. The maximum Gasteiger partial charge on any atom is 0.340 e. The predicted octanol–water partition coefficient (Wildman–Crippen LogP) is 2.84. The van der Waals surface area contributed by atoms with Gasteiger partial charge >= 0.3 is 5.97 Å². The van der Waals surface area contributed by atoms with Crippen LogP contribution in [0.25, 0.3) is 0 Å². The largest absolute Gasteiger partial charge is 0.478 e. The number of hydrogen-bond donors (Lipinski definition) is 2. The van der Waals surface area contributed by atoms with E-state index in [1.165, 1.54) is 23.5 Å². The summed E-state index contributed by atoms with van der Waals surface area (Å²) in [6.45, 7) is 0. The Labute approximate surface area is 106 Å². The number of nitrogens with one attached hydrogen (secondary N) is 1. The van der Waals surface area contributed by atoms with Gasteiger partial charge in [-0.15, -0.1) is 0 Å². The molecule has 0 unspecified atom stereocenters. The summed E-state index contributed by atoms with van der Waals surface area (Å²) >= 11 is 1.34. The first-order valence-corrected chi connectivity index (χ1v) is 5.89. The van der Waals surface area contributed by atoms with Gasteiger partial charge in [0.2, 0.25) is 0 Å². The number of anilines is 1. The van der Waals surface area contributed by atoms with Gasteiger partial charge in [-0.3, -0.25) is 4.79 Å². The van der Waals surface area contributed by atoms with Crippen LogP contribution in [0.1, 0.15) is 20.7 Å². The standard InChI is InChI=1S/C12H8FNO3S/c13-8-2-1-3-9(10(8)12(16)17)14-11(15)7-4-5-18-6-7/h1-6H,(H,14,15)(H,16,17). The average Bonchev–Trinajstić information content (AvgIpc) is 2.81. The normalized spacial score (nSPS) is 10.1. The van der Waals surface area contributed by atoms with Crippen LogP contribution >= 0.6 is 11.3 Å². The fourth-order valence-corrected chi connectivity index (χ4v) is 2.07. The van der Waals surface area contributed by atoms with Crippen LogP contribution in [0.3, 0.4) is 0 Å². The minimum atomic E-state index is -1.42. The smallest absolute Gasteiger partial charge is 0.340 e. The SMILES string of the molecule is O=C(Nc1cccc(F)c1C(=O)O)c1ccsc1. The monoisotopic (exact) mass is 265 g/mol. The number of carbonyl (C=O) groups is 2. The molecule has 0 aliphatic heterocycles. The molecule has 0 saturated carbocycles. The van der Waals surface area contributed by atoms with Crippen LogP contribution in [0.5, 0.6) is 0 Å². The topological polar surface area (TPSA) is 66.4 Å². The molecule has 1 heterocycles. The fourth-order valence-electron chi connectivity index (χ4n) is 1.43. The lowest BCUT2D eigenvalue weighted by atomic mass is 10.1. The molecule has 6 heteroatoms. The number of benzene rings is 1. The summed E-state index contributed by atoms with van der Waals surface area (Å²) in [7, 11) is 0. The molecule has 1 amide bonds. The average molecular weight is 265 g/mol. The van der Waals surface area contributed by atoms with Gasteiger partial charge in [-0.25, -0.2) is 9.18 Å². The number of amides is 1. The first-order valence-electron chi connectivity index (χ1n) is 4.95. The van der Waals surface area contributed by atoms with E-state index < -0.39 is 23.3 Å². The Kier molecular flexibility index (Phi) is 3.38. The Bertz CT molecular complexity index is 595. The van der Waals surface area contributed by atoms with Crippen molar-refractivity contribution in [1.29, 1.82) is 0 Å². The molecule has 0 radical (unpaired) electrons. The van der Waals surface area contributed by atoms with Crippen molar-refractivity contribution in [3.8, 4) is 0 Å². The van der Waals surface area contributed by atoms with Crippen molar-refractivity contribution in [2.24, 2.45) is 0 Å². The van der Waals surface area contributed by atoms with Gasteiger partial charge in [-0.2, -0.15) is 11.3 Å². The predicted molar refractivity (Wildman–Crippen MR) is 65.6 cm³/mol. The molecule has 0 aliphatic rings. The molecule has 0 aliphatic carbocycles. The molecular weight excluding hydrogens is 257 g/mol. The van der Waals surface area contributed by atoms with E-state index in [0.29, 0.717) is 5.56 Å². The van der Waals surface area contributed by atoms with Gasteiger partial charge in [-0.05, 0) is 23.6 Å². The highest BCUT2D eigenvalue weighted by molar-refractivity contribution is 7.08. The Morgan fingerprint density at radius 2 is 2.06 bits per heavy atom. The number of rotatable bonds is 3. The summed E-state index contributed by atoms with van der Waals surface area (Å²) < 4.78 is 13.4. The highest BCUT2D eigenvalue weighted by Gasteiger charge is 2.17. The Morgan fingerprint density at radius 3 is 2.67 bits per heavy atom. The van der Waals surface area contributed by atoms with E-state index in [9.17, 15) is 14.0 Å². The lowest BCUT2D eigenvalue weighted by Crippen LogP contribution is -2.15. The molecule has 1 aromatic heterocycles. The molecule has 2 rings (SSSR count). The van der Waals surface area contributed by atoms with E-state index in [2.05, 4.69) is 5.32 Å². The molecule has 92 valence electrons. The molecule has 0 spiro atoms. The van der Waals surface area contributed by atoms with Crippen molar-refractivity contribution in [2.45, 2.75) is 0 Å². The van der Waals surface area contributed by atoms with Gasteiger partial charge in [-0.1, -0.05) is 6.07 Å². The van der Waals surface area contributed by atoms with Crippen molar-refractivity contribution >= 4 is 28.9 Å². The van der Waals surface area contributed by atoms with Crippen LogP contribution < -0.4 is 5.32 Å². The Morgan fingerprint density at radius 1 is 1.28 bits per heavy atom. The van der Waals surface area contributed by atoms with Gasteiger partial charge < -0.3 is 10.4 Å². The molecule has 2 aromatic rings. The van der Waals surface area contributed by atoms with Crippen molar-refractivity contribution in [3.05, 3.63) is 52.0 Å². The van der Waals surface area contributed by atoms with Crippen LogP contribution in [0, 0.1) is 5.82 Å². The molecule has 0 fully saturated rings. The lowest BCUT2D eigenvalue weighted by molar-refractivity contribution is 0.0693. The van der Waals surface area contributed by atoms with Crippen LogP contribution in [0.15, 0.2) is 35.0 Å². The highest BCUT2D eigenvalue weighted by atomic mass is 32.1. The zero-order chi connectivity index (χ0) is 13.1. The van der Waals surface area contributed by atoms with Crippen LogP contribution in [0.2, 0.25) is 0 Å². The quantitative estimate of drug-likeness (QED) is 0.896. The second kappa shape index (κ2) is 4.97. The minimum absolute atomic E-state index is 0.0568. The van der Waals surface area contributed by atoms with E-state index in [1.807, 2.05) is 0 Å². The Balaban J connectivity index is 2.32. The zero-order valence-electron chi connectivity index (χ0n) is 9.01. The van der Waals surface area contributed by atoms with E-state index in [4.69, 9.17) is 5.11 Å². The molecule has 4 nitrogen and oxygen atoms in total. The number of carbonyl (C=O) groups excluding carboxylic acids is 1. The van der Waals surface area contributed by atoms with Crippen molar-refractivity contribution in [3.63, 3.8) is 0 Å². The summed E-state index contributed by atoms with van der Waals surface area (Å²) in [5.41, 5.74) is -0.194. The molecule has 1 aromatic carbocycles. The lowest BCUT2D eigenvalue weighted by Gasteiger charge is -2.08. The number of hydrogen-bond acceptors (Lipinski definition) is 3. The molecular formula is C12H8FNO3S. The van der Waals surface area contributed by atoms with E-state index in [0.717, 1.165) is 6.07 Å². The fraction of sp³-hybridized carbons (Fsp3) is 0. The van der Waals surface area contributed by atoms with Crippen LogP contribution in [-0.4, -0.2) is 17.0 Å². The number of halogens is 1. The zero-order valence-corrected chi connectivity index (χ0v) is 9.83. The van der Waals surface area contributed by atoms with E-state index >= 15 is 0 Å². The van der Waals surface area contributed by atoms with Gasteiger partial charge in [0.15, 0.2) is 0 Å². The van der Waals surface area contributed by atoms with Gasteiger partial charge in [0, 0.05) is 5.38 Å². The third-order valence-electron chi connectivity index (χ3n) is 2.26. The summed E-state index contributed by atoms with van der Waals surface area (Å²) in [5, 5.41) is 14.6. The molecule has 0 atom stereocenters. The molecule has 2 N–H and O–H groups in total. The summed E-state index contributed by atoms with van der Waals surface area (Å²) in [5.74, 6) is -2.77. The van der Waals surface area contributed by atoms with E-state index in [1.54, 1.807) is 16.8 Å². The van der Waals surface area contributed by atoms with Gasteiger partial charge in [0.05, 0.1) is 11.3 Å². The number of thiophene rings is 1. The number of carboxylic acids is 1. The third kappa shape index (κ3) is 2.38. The first kappa shape index (κ1) is 12.3. The Hall–Kier alpha value is -2.21.